The summed E-state index contributed by atoms with van der Waals surface area (Å²) in [6, 6.07) is 8.09. The zero-order valence-electron chi connectivity index (χ0n) is 13.9. The van der Waals surface area contributed by atoms with Crippen LogP contribution in [0.2, 0.25) is 5.02 Å². The Morgan fingerprint density at radius 1 is 1.35 bits per heavy atom. The Balaban J connectivity index is 1.83. The highest BCUT2D eigenvalue weighted by Crippen LogP contribution is 2.33. The van der Waals surface area contributed by atoms with Gasteiger partial charge in [0, 0.05) is 15.2 Å². The molecule has 26 heavy (non-hydrogen) atoms. The number of hydrogen-bond donors (Lipinski definition) is 3. The first-order valence-corrected chi connectivity index (χ1v) is 9.47. The third-order valence-electron chi connectivity index (χ3n) is 4.06. The molecule has 2 aromatic carbocycles. The molecule has 0 saturated heterocycles. The smallest absolute Gasteiger partial charge is 0.277 e. The molecule has 138 valence electrons. The lowest BCUT2D eigenvalue weighted by Crippen LogP contribution is -2.31. The van der Waals surface area contributed by atoms with Crippen LogP contribution in [-0.4, -0.2) is 17.3 Å². The van der Waals surface area contributed by atoms with E-state index >= 15 is 0 Å². The standard InChI is InChI=1S/C18H17ClFIN2O3/c1-9-6-11(21)4-5-15(9)22-16-8-14(20)13(19)7-12(16)17(24)23-26-18(25)10-2-3-10/h4-8,10,18,22,25H,2-3H2,1H3,(H,23,24). The molecule has 5 nitrogen and oxygen atoms in total. The van der Waals surface area contributed by atoms with Crippen molar-refractivity contribution < 1.29 is 19.1 Å². The van der Waals surface area contributed by atoms with Gasteiger partial charge in [-0.15, -0.1) is 0 Å². The molecule has 1 amide bonds. The van der Waals surface area contributed by atoms with Gasteiger partial charge in [-0.2, -0.15) is 0 Å². The zero-order valence-corrected chi connectivity index (χ0v) is 16.8. The Morgan fingerprint density at radius 2 is 2.08 bits per heavy atom. The van der Waals surface area contributed by atoms with Gasteiger partial charge in [0.25, 0.3) is 5.91 Å². The van der Waals surface area contributed by atoms with E-state index in [-0.39, 0.29) is 22.2 Å². The molecule has 0 heterocycles. The maximum atomic E-state index is 13.9. The van der Waals surface area contributed by atoms with E-state index in [9.17, 15) is 14.3 Å². The monoisotopic (exact) mass is 490 g/mol. The van der Waals surface area contributed by atoms with Gasteiger partial charge in [-0.05, 0) is 78.3 Å². The number of aliphatic hydroxyl groups excluding tert-OH is 1. The van der Waals surface area contributed by atoms with Crippen LogP contribution in [0.3, 0.4) is 0 Å². The number of anilines is 2. The largest absolute Gasteiger partial charge is 0.366 e. The molecule has 0 radical (unpaired) electrons. The van der Waals surface area contributed by atoms with Crippen LogP contribution in [0.4, 0.5) is 15.8 Å². The topological polar surface area (TPSA) is 70.6 Å². The summed E-state index contributed by atoms with van der Waals surface area (Å²) < 4.78 is 15.0. The molecule has 1 aliphatic carbocycles. The lowest BCUT2D eigenvalue weighted by Gasteiger charge is -2.16. The van der Waals surface area contributed by atoms with Crippen molar-refractivity contribution in [2.24, 2.45) is 5.92 Å². The Hall–Kier alpha value is -1.42. The zero-order chi connectivity index (χ0) is 18.8. The molecule has 1 saturated carbocycles. The third-order valence-corrected chi connectivity index (χ3v) is 5.02. The van der Waals surface area contributed by atoms with Crippen molar-refractivity contribution in [2.75, 3.05) is 5.32 Å². The SMILES string of the molecule is Cc1cc(I)ccc1Nc1cc(F)c(Cl)cc1C(=O)NOC(O)C1CC1. The number of carbonyl (C=O) groups is 1. The number of aliphatic hydroxyl groups is 1. The van der Waals surface area contributed by atoms with Crippen molar-refractivity contribution in [3.63, 3.8) is 0 Å². The molecule has 1 aliphatic rings. The van der Waals surface area contributed by atoms with Crippen LogP contribution in [0.25, 0.3) is 0 Å². The van der Waals surface area contributed by atoms with Gasteiger partial charge in [0.05, 0.1) is 16.3 Å². The first kappa shape index (κ1) is 19.3. The molecule has 2 aromatic rings. The highest BCUT2D eigenvalue weighted by molar-refractivity contribution is 14.1. The van der Waals surface area contributed by atoms with E-state index in [1.165, 1.54) is 6.07 Å². The fraction of sp³-hybridized carbons (Fsp3) is 0.278. The normalized spacial score (nSPS) is 14.8. The quantitative estimate of drug-likeness (QED) is 0.316. The van der Waals surface area contributed by atoms with Crippen molar-refractivity contribution in [1.29, 1.82) is 0 Å². The Labute approximate surface area is 169 Å². The number of carbonyl (C=O) groups excluding carboxylic acids is 1. The molecule has 3 N–H and O–H groups in total. The summed E-state index contributed by atoms with van der Waals surface area (Å²) in [4.78, 5) is 17.4. The third kappa shape index (κ3) is 4.64. The molecule has 0 bridgehead atoms. The molecule has 0 aromatic heterocycles. The average molecular weight is 491 g/mol. The fourth-order valence-corrected chi connectivity index (χ4v) is 3.21. The molecular weight excluding hydrogens is 474 g/mol. The van der Waals surface area contributed by atoms with E-state index in [0.29, 0.717) is 0 Å². The highest BCUT2D eigenvalue weighted by Gasteiger charge is 2.31. The van der Waals surface area contributed by atoms with E-state index in [1.54, 1.807) is 0 Å². The molecule has 1 atom stereocenters. The second kappa shape index (κ2) is 8.08. The van der Waals surface area contributed by atoms with Gasteiger partial charge in [-0.1, -0.05) is 11.6 Å². The minimum atomic E-state index is -1.05. The number of hydroxylamine groups is 1. The molecule has 0 aliphatic heterocycles. The van der Waals surface area contributed by atoms with Gasteiger partial charge >= 0.3 is 0 Å². The van der Waals surface area contributed by atoms with Crippen LogP contribution < -0.4 is 10.8 Å². The lowest BCUT2D eigenvalue weighted by atomic mass is 10.1. The summed E-state index contributed by atoms with van der Waals surface area (Å²) in [6.45, 7) is 1.91. The Bertz CT molecular complexity index is 845. The van der Waals surface area contributed by atoms with Gasteiger partial charge < -0.3 is 10.4 Å². The average Bonchev–Trinajstić information content (AvgIpc) is 3.43. The van der Waals surface area contributed by atoms with Gasteiger partial charge in [0.2, 0.25) is 0 Å². The second-order valence-corrected chi connectivity index (χ2v) is 7.83. The minimum absolute atomic E-state index is 0.0409. The number of rotatable bonds is 6. The Kier molecular flexibility index (Phi) is 6.01. The van der Waals surface area contributed by atoms with Crippen LogP contribution in [-0.2, 0) is 4.84 Å². The first-order chi connectivity index (χ1) is 12.3. The minimum Gasteiger partial charge on any atom is -0.366 e. The van der Waals surface area contributed by atoms with E-state index in [1.807, 2.05) is 25.1 Å². The predicted octanol–water partition coefficient (Wildman–Crippen LogP) is 4.53. The van der Waals surface area contributed by atoms with Crippen LogP contribution in [0.15, 0.2) is 30.3 Å². The predicted molar refractivity (Wildman–Crippen MR) is 106 cm³/mol. The van der Waals surface area contributed by atoms with Crippen molar-refractivity contribution in [1.82, 2.24) is 5.48 Å². The summed E-state index contributed by atoms with van der Waals surface area (Å²) in [6.07, 6.45) is 0.668. The molecule has 3 rings (SSSR count). The van der Waals surface area contributed by atoms with Crippen LogP contribution >= 0.6 is 34.2 Å². The van der Waals surface area contributed by atoms with Crippen molar-refractivity contribution in [2.45, 2.75) is 26.1 Å². The number of hydrogen-bond acceptors (Lipinski definition) is 4. The van der Waals surface area contributed by atoms with E-state index < -0.39 is 18.0 Å². The van der Waals surface area contributed by atoms with Gasteiger partial charge in [-0.25, -0.2) is 14.7 Å². The number of halogens is 3. The second-order valence-electron chi connectivity index (χ2n) is 6.17. The van der Waals surface area contributed by atoms with Gasteiger partial charge in [0.15, 0.2) is 6.29 Å². The van der Waals surface area contributed by atoms with Gasteiger partial charge in [-0.3, -0.25) is 4.79 Å². The fourth-order valence-electron chi connectivity index (χ4n) is 2.40. The van der Waals surface area contributed by atoms with E-state index in [0.717, 1.165) is 33.7 Å². The summed E-state index contributed by atoms with van der Waals surface area (Å²) in [5, 5.41) is 12.6. The van der Waals surface area contributed by atoms with E-state index in [4.69, 9.17) is 16.4 Å². The van der Waals surface area contributed by atoms with Crippen LogP contribution in [0.5, 0.6) is 0 Å². The van der Waals surface area contributed by atoms with Crippen LogP contribution in [0, 0.1) is 22.2 Å². The van der Waals surface area contributed by atoms with Crippen molar-refractivity contribution in [3.8, 4) is 0 Å². The molecular formula is C18H17ClFIN2O3. The van der Waals surface area contributed by atoms with Gasteiger partial charge in [0.1, 0.15) is 5.82 Å². The van der Waals surface area contributed by atoms with Crippen molar-refractivity contribution in [3.05, 3.63) is 55.9 Å². The number of aryl methyl sites for hydroxylation is 1. The van der Waals surface area contributed by atoms with E-state index in [2.05, 4.69) is 33.4 Å². The molecule has 0 spiro atoms. The molecule has 1 fully saturated rings. The summed E-state index contributed by atoms with van der Waals surface area (Å²) in [7, 11) is 0. The lowest BCUT2D eigenvalue weighted by molar-refractivity contribution is -0.145. The molecule has 1 unspecified atom stereocenters. The number of amides is 1. The number of benzene rings is 2. The number of nitrogens with one attached hydrogen (secondary N) is 2. The first-order valence-electron chi connectivity index (χ1n) is 8.01. The Morgan fingerprint density at radius 3 is 2.73 bits per heavy atom. The van der Waals surface area contributed by atoms with Crippen LogP contribution in [0.1, 0.15) is 28.8 Å². The summed E-state index contributed by atoms with van der Waals surface area (Å²) in [5.74, 6) is -1.23. The maximum absolute atomic E-state index is 13.9. The van der Waals surface area contributed by atoms with Crippen molar-refractivity contribution >= 4 is 51.5 Å². The maximum Gasteiger partial charge on any atom is 0.277 e. The highest BCUT2D eigenvalue weighted by atomic mass is 127. The summed E-state index contributed by atoms with van der Waals surface area (Å²) in [5.41, 5.74) is 4.24. The molecule has 8 heteroatoms. The summed E-state index contributed by atoms with van der Waals surface area (Å²) >= 11 is 8.03.